The lowest BCUT2D eigenvalue weighted by atomic mass is 9.88. The molecular weight excluding hydrogens is 370 g/mol. The van der Waals surface area contributed by atoms with Crippen molar-refractivity contribution in [1.29, 1.82) is 0 Å². The lowest BCUT2D eigenvalue weighted by Crippen LogP contribution is -2.08. The van der Waals surface area contributed by atoms with Crippen LogP contribution in [0, 0.1) is 18.8 Å². The normalized spacial score (nSPS) is 12.5. The van der Waals surface area contributed by atoms with E-state index < -0.39 is 9.84 Å². The van der Waals surface area contributed by atoms with Crippen LogP contribution in [0.3, 0.4) is 0 Å². The average Bonchev–Trinajstić information content (AvgIpc) is 2.89. The minimum absolute atomic E-state index is 0.0961. The fourth-order valence-electron chi connectivity index (χ4n) is 3.36. The van der Waals surface area contributed by atoms with E-state index in [0.29, 0.717) is 10.6 Å². The van der Waals surface area contributed by atoms with E-state index in [-0.39, 0.29) is 10.3 Å². The Labute approximate surface area is 168 Å². The van der Waals surface area contributed by atoms with Gasteiger partial charge in [0, 0.05) is 23.6 Å². The second kappa shape index (κ2) is 7.28. The van der Waals surface area contributed by atoms with E-state index in [2.05, 4.69) is 38.7 Å². The van der Waals surface area contributed by atoms with E-state index in [0.717, 1.165) is 23.0 Å². The van der Waals surface area contributed by atoms with Gasteiger partial charge in [-0.05, 0) is 67.1 Å². The Balaban J connectivity index is 2.12. The van der Waals surface area contributed by atoms with Gasteiger partial charge in [-0.3, -0.25) is 0 Å². The van der Waals surface area contributed by atoms with E-state index >= 15 is 0 Å². The van der Waals surface area contributed by atoms with Crippen molar-refractivity contribution in [2.45, 2.75) is 43.9 Å². The molecule has 0 N–H and O–H groups in total. The summed E-state index contributed by atoms with van der Waals surface area (Å²) in [5.74, 6) is 0.526. The number of rotatable bonds is 5. The van der Waals surface area contributed by atoms with E-state index in [9.17, 15) is 8.42 Å². The van der Waals surface area contributed by atoms with Crippen molar-refractivity contribution in [2.75, 3.05) is 7.11 Å². The second-order valence-corrected chi connectivity index (χ2v) is 10.2. The molecule has 0 spiro atoms. The molecule has 0 aliphatic carbocycles. The van der Waals surface area contributed by atoms with Crippen molar-refractivity contribution in [3.05, 3.63) is 60.1 Å². The van der Waals surface area contributed by atoms with Crippen molar-refractivity contribution in [2.24, 2.45) is 12.5 Å². The third kappa shape index (κ3) is 3.81. The first kappa shape index (κ1) is 20.5. The van der Waals surface area contributed by atoms with Crippen LogP contribution in [0.5, 0.6) is 5.75 Å². The zero-order valence-electron chi connectivity index (χ0n) is 17.4. The van der Waals surface area contributed by atoms with Gasteiger partial charge in [0.25, 0.3) is 0 Å². The van der Waals surface area contributed by atoms with Gasteiger partial charge in [-0.25, -0.2) is 8.42 Å². The quantitative estimate of drug-likeness (QED) is 0.599. The van der Waals surface area contributed by atoms with Crippen molar-refractivity contribution >= 4 is 20.7 Å². The van der Waals surface area contributed by atoms with Gasteiger partial charge in [0.1, 0.15) is 5.75 Å². The maximum absolute atomic E-state index is 13.2. The molecule has 28 heavy (non-hydrogen) atoms. The van der Waals surface area contributed by atoms with Crippen LogP contribution in [0.2, 0.25) is 0 Å². The predicted molar refractivity (Wildman–Crippen MR) is 114 cm³/mol. The standard InChI is InChI=1S/C23H28NO3S/c1-16-20(12-13-23(2,3)4)21-15-19(10-11-22(21)24(16)5)28(25,26)18-9-7-8-17(14-18)27-6/h7-11,13-15H,12H2,1-6H3. The molecule has 1 heterocycles. The number of hydrogen-bond donors (Lipinski definition) is 0. The lowest BCUT2D eigenvalue weighted by Gasteiger charge is -2.17. The molecule has 149 valence electrons. The molecule has 5 heteroatoms. The molecule has 2 aromatic carbocycles. The molecule has 0 aliphatic heterocycles. The summed E-state index contributed by atoms with van der Waals surface area (Å²) in [6.45, 7) is 8.60. The monoisotopic (exact) mass is 398 g/mol. The Kier molecular flexibility index (Phi) is 5.32. The van der Waals surface area contributed by atoms with E-state index in [1.165, 1.54) is 12.7 Å². The van der Waals surface area contributed by atoms with E-state index in [1.807, 2.05) is 19.2 Å². The molecule has 0 fully saturated rings. The van der Waals surface area contributed by atoms with Crippen molar-refractivity contribution in [3.63, 3.8) is 0 Å². The van der Waals surface area contributed by atoms with Gasteiger partial charge in [0.2, 0.25) is 9.84 Å². The summed E-state index contributed by atoms with van der Waals surface area (Å²) in [5, 5.41) is 0.990. The van der Waals surface area contributed by atoms with E-state index in [4.69, 9.17) is 4.74 Å². The molecule has 1 radical (unpaired) electrons. The molecule has 4 nitrogen and oxygen atoms in total. The highest BCUT2D eigenvalue weighted by Gasteiger charge is 2.22. The number of methoxy groups -OCH3 is 1. The van der Waals surface area contributed by atoms with Crippen LogP contribution < -0.4 is 4.74 Å². The molecule has 3 rings (SSSR count). The number of aryl methyl sites for hydroxylation is 1. The van der Waals surface area contributed by atoms with Gasteiger partial charge >= 0.3 is 0 Å². The summed E-state index contributed by atoms with van der Waals surface area (Å²) >= 11 is 0. The van der Waals surface area contributed by atoms with Gasteiger partial charge in [-0.15, -0.1) is 0 Å². The molecule has 3 aromatic rings. The minimum atomic E-state index is -3.63. The third-order valence-electron chi connectivity index (χ3n) is 5.17. The minimum Gasteiger partial charge on any atom is -0.497 e. The summed E-state index contributed by atoms with van der Waals surface area (Å²) in [5.41, 5.74) is 3.47. The van der Waals surface area contributed by atoms with Crippen molar-refractivity contribution in [3.8, 4) is 5.75 Å². The molecule has 0 amide bonds. The van der Waals surface area contributed by atoms with Gasteiger partial charge < -0.3 is 9.30 Å². The van der Waals surface area contributed by atoms with Gasteiger partial charge in [0.15, 0.2) is 0 Å². The average molecular weight is 399 g/mol. The molecule has 0 bridgehead atoms. The van der Waals surface area contributed by atoms with Crippen molar-refractivity contribution in [1.82, 2.24) is 4.57 Å². The maximum atomic E-state index is 13.2. The third-order valence-corrected chi connectivity index (χ3v) is 6.92. The Hall–Kier alpha value is -2.27. The van der Waals surface area contributed by atoms with Gasteiger partial charge in [-0.2, -0.15) is 0 Å². The number of hydrogen-bond acceptors (Lipinski definition) is 3. The number of fused-ring (bicyclic) bond motifs is 1. The van der Waals surface area contributed by atoms with Gasteiger partial charge in [-0.1, -0.05) is 26.8 Å². The molecular formula is C23H28NO3S. The summed E-state index contributed by atoms with van der Waals surface area (Å²) in [7, 11) is -0.0736. The molecule has 0 saturated carbocycles. The van der Waals surface area contributed by atoms with Crippen LogP contribution in [0.25, 0.3) is 10.9 Å². The Bertz CT molecular complexity index is 1120. The first-order chi connectivity index (χ1) is 13.0. The first-order valence-corrected chi connectivity index (χ1v) is 10.8. The van der Waals surface area contributed by atoms with Crippen molar-refractivity contribution < 1.29 is 13.2 Å². The highest BCUT2D eigenvalue weighted by atomic mass is 32.2. The zero-order valence-corrected chi connectivity index (χ0v) is 18.2. The van der Waals surface area contributed by atoms with Gasteiger partial charge in [0.05, 0.1) is 16.9 Å². The number of aromatic nitrogens is 1. The number of sulfone groups is 1. The van der Waals surface area contributed by atoms with Crippen LogP contribution in [0.15, 0.2) is 52.3 Å². The summed E-state index contributed by atoms with van der Waals surface area (Å²) in [6, 6.07) is 12.0. The molecule has 0 aliphatic rings. The number of nitrogens with zero attached hydrogens (tertiary/aromatic N) is 1. The number of benzene rings is 2. The van der Waals surface area contributed by atoms with Crippen LogP contribution in [-0.4, -0.2) is 20.1 Å². The second-order valence-electron chi connectivity index (χ2n) is 8.26. The Morgan fingerprint density at radius 1 is 1.07 bits per heavy atom. The smallest absolute Gasteiger partial charge is 0.206 e. The SMILES string of the molecule is COc1cccc(S(=O)(=O)c2ccc3c(c2)c(C[CH]C(C)(C)C)c(C)n3C)c1. The fourth-order valence-corrected chi connectivity index (χ4v) is 4.69. The Morgan fingerprint density at radius 3 is 2.39 bits per heavy atom. The van der Waals surface area contributed by atoms with E-state index in [1.54, 1.807) is 30.3 Å². The molecule has 0 atom stereocenters. The van der Waals surface area contributed by atoms with Crippen LogP contribution in [0.1, 0.15) is 32.0 Å². The lowest BCUT2D eigenvalue weighted by molar-refractivity contribution is 0.413. The first-order valence-electron chi connectivity index (χ1n) is 9.36. The largest absolute Gasteiger partial charge is 0.497 e. The van der Waals surface area contributed by atoms with Crippen LogP contribution in [-0.2, 0) is 23.3 Å². The summed E-state index contributed by atoms with van der Waals surface area (Å²) in [6.07, 6.45) is 3.08. The summed E-state index contributed by atoms with van der Waals surface area (Å²) < 4.78 is 33.7. The number of ether oxygens (including phenoxy) is 1. The topological polar surface area (TPSA) is 48.3 Å². The van der Waals surface area contributed by atoms with Crippen LogP contribution >= 0.6 is 0 Å². The predicted octanol–water partition coefficient (Wildman–Crippen LogP) is 5.12. The highest BCUT2D eigenvalue weighted by Crippen LogP contribution is 2.32. The molecule has 0 unspecified atom stereocenters. The zero-order chi connectivity index (χ0) is 20.7. The maximum Gasteiger partial charge on any atom is 0.206 e. The highest BCUT2D eigenvalue weighted by molar-refractivity contribution is 7.91. The Morgan fingerprint density at radius 2 is 1.75 bits per heavy atom. The van der Waals surface area contributed by atoms with Crippen LogP contribution in [0.4, 0.5) is 0 Å². The molecule has 0 saturated heterocycles. The molecule has 1 aromatic heterocycles. The fraction of sp³-hybridized carbons (Fsp3) is 0.348. The summed E-state index contributed by atoms with van der Waals surface area (Å²) in [4.78, 5) is 0.539.